The van der Waals surface area contributed by atoms with E-state index >= 15 is 0 Å². The van der Waals surface area contributed by atoms with Gasteiger partial charge in [0.15, 0.2) is 0 Å². The highest BCUT2D eigenvalue weighted by atomic mass is 32.2. The molecule has 2 aromatic rings. The molecule has 0 aliphatic heterocycles. The topological polar surface area (TPSA) is 71.3 Å². The van der Waals surface area contributed by atoms with Crippen molar-refractivity contribution in [3.63, 3.8) is 0 Å². The second-order valence-corrected chi connectivity index (χ2v) is 6.40. The van der Waals surface area contributed by atoms with Crippen LogP contribution in [0.4, 0.5) is 4.39 Å². The molecule has 0 aliphatic rings. The third kappa shape index (κ3) is 3.90. The molecule has 1 heterocycles. The van der Waals surface area contributed by atoms with Crippen LogP contribution in [-0.4, -0.2) is 15.5 Å². The molecule has 5 nitrogen and oxygen atoms in total. The van der Waals surface area contributed by atoms with E-state index in [1.807, 2.05) is 6.92 Å². The standard InChI is InChI=1S/C14H17FN2O3S/c1-10(11-3-5-12(15)6-4-11)17-9-13-7-8-14(20-13)21(18,19)16-2/h3-8,10,16-17H,9H2,1-2H3/t10-/m1/s1. The lowest BCUT2D eigenvalue weighted by molar-refractivity contribution is 0.392. The van der Waals surface area contributed by atoms with Crippen LogP contribution in [0, 0.1) is 5.82 Å². The molecule has 0 saturated heterocycles. The van der Waals surface area contributed by atoms with Gasteiger partial charge in [-0.2, -0.15) is 0 Å². The maximum Gasteiger partial charge on any atom is 0.273 e. The second kappa shape index (κ2) is 6.38. The highest BCUT2D eigenvalue weighted by Gasteiger charge is 2.16. The van der Waals surface area contributed by atoms with Crippen LogP contribution in [0.5, 0.6) is 0 Å². The molecule has 0 saturated carbocycles. The van der Waals surface area contributed by atoms with Crippen LogP contribution in [0.2, 0.25) is 0 Å². The van der Waals surface area contributed by atoms with Gasteiger partial charge in [0.05, 0.1) is 6.54 Å². The number of furan rings is 1. The maximum absolute atomic E-state index is 12.9. The highest BCUT2D eigenvalue weighted by molar-refractivity contribution is 7.89. The van der Waals surface area contributed by atoms with Crippen molar-refractivity contribution in [2.45, 2.75) is 24.6 Å². The summed E-state index contributed by atoms with van der Waals surface area (Å²) in [5, 5.41) is 3.07. The van der Waals surface area contributed by atoms with Crippen molar-refractivity contribution >= 4 is 10.0 Å². The lowest BCUT2D eigenvalue weighted by Crippen LogP contribution is -2.18. The first kappa shape index (κ1) is 15.7. The molecule has 0 radical (unpaired) electrons. The zero-order chi connectivity index (χ0) is 15.5. The normalized spacial score (nSPS) is 13.3. The smallest absolute Gasteiger partial charge is 0.273 e. The quantitative estimate of drug-likeness (QED) is 0.857. The van der Waals surface area contributed by atoms with Crippen molar-refractivity contribution in [3.05, 3.63) is 53.5 Å². The summed E-state index contributed by atoms with van der Waals surface area (Å²) in [6.45, 7) is 2.30. The van der Waals surface area contributed by atoms with Crippen molar-refractivity contribution in [3.8, 4) is 0 Å². The van der Waals surface area contributed by atoms with Crippen LogP contribution >= 0.6 is 0 Å². The molecule has 2 rings (SSSR count). The van der Waals surface area contributed by atoms with Crippen LogP contribution in [0.3, 0.4) is 0 Å². The molecule has 0 amide bonds. The van der Waals surface area contributed by atoms with Crippen LogP contribution in [-0.2, 0) is 16.6 Å². The van der Waals surface area contributed by atoms with E-state index < -0.39 is 10.0 Å². The Morgan fingerprint density at radius 3 is 2.48 bits per heavy atom. The summed E-state index contributed by atoms with van der Waals surface area (Å²) in [5.74, 6) is 0.233. The Morgan fingerprint density at radius 1 is 1.19 bits per heavy atom. The Balaban J connectivity index is 1.99. The first-order valence-electron chi connectivity index (χ1n) is 6.43. The van der Waals surface area contributed by atoms with E-state index in [0.717, 1.165) is 5.56 Å². The van der Waals surface area contributed by atoms with Gasteiger partial charge in [-0.15, -0.1) is 0 Å². The number of nitrogens with one attached hydrogen (secondary N) is 2. The van der Waals surface area contributed by atoms with E-state index in [9.17, 15) is 12.8 Å². The molecule has 21 heavy (non-hydrogen) atoms. The van der Waals surface area contributed by atoms with E-state index in [1.165, 1.54) is 25.2 Å². The Morgan fingerprint density at radius 2 is 1.86 bits per heavy atom. The molecule has 1 atom stereocenters. The van der Waals surface area contributed by atoms with Crippen molar-refractivity contribution in [1.82, 2.24) is 10.0 Å². The summed E-state index contributed by atoms with van der Waals surface area (Å²) in [4.78, 5) is 0. The molecule has 7 heteroatoms. The Kier molecular flexibility index (Phi) is 4.76. The number of hydrogen-bond acceptors (Lipinski definition) is 4. The third-order valence-electron chi connectivity index (χ3n) is 3.12. The number of sulfonamides is 1. The first-order valence-corrected chi connectivity index (χ1v) is 7.92. The van der Waals surface area contributed by atoms with Crippen molar-refractivity contribution in [2.75, 3.05) is 7.05 Å². The van der Waals surface area contributed by atoms with E-state index in [4.69, 9.17) is 4.42 Å². The SMILES string of the molecule is CNS(=O)(=O)c1ccc(CN[C@H](C)c2ccc(F)cc2)o1. The fourth-order valence-corrected chi connectivity index (χ4v) is 2.49. The Hall–Kier alpha value is -1.70. The van der Waals surface area contributed by atoms with Gasteiger partial charge >= 0.3 is 0 Å². The number of rotatable bonds is 6. The fourth-order valence-electron chi connectivity index (χ4n) is 1.82. The summed E-state index contributed by atoms with van der Waals surface area (Å²) in [7, 11) is -2.23. The molecule has 0 unspecified atom stereocenters. The number of halogens is 1. The largest absolute Gasteiger partial charge is 0.447 e. The second-order valence-electron chi connectivity index (χ2n) is 4.58. The molecule has 0 bridgehead atoms. The van der Waals surface area contributed by atoms with Crippen LogP contribution in [0.25, 0.3) is 0 Å². The molecule has 1 aromatic heterocycles. The van der Waals surface area contributed by atoms with Gasteiger partial charge < -0.3 is 9.73 Å². The van der Waals surface area contributed by atoms with E-state index in [1.54, 1.807) is 18.2 Å². The average Bonchev–Trinajstić information content (AvgIpc) is 2.95. The van der Waals surface area contributed by atoms with Gasteiger partial charge in [-0.1, -0.05) is 12.1 Å². The molecular weight excluding hydrogens is 295 g/mol. The van der Waals surface area contributed by atoms with Gasteiger partial charge in [-0.05, 0) is 43.8 Å². The lowest BCUT2D eigenvalue weighted by Gasteiger charge is -2.13. The van der Waals surface area contributed by atoms with E-state index in [-0.39, 0.29) is 17.0 Å². The lowest BCUT2D eigenvalue weighted by atomic mass is 10.1. The van der Waals surface area contributed by atoms with Gasteiger partial charge in [0, 0.05) is 6.04 Å². The third-order valence-corrected chi connectivity index (χ3v) is 4.41. The average molecular weight is 312 g/mol. The highest BCUT2D eigenvalue weighted by Crippen LogP contribution is 2.16. The molecule has 1 aromatic carbocycles. The summed E-state index contributed by atoms with van der Waals surface area (Å²) >= 11 is 0. The van der Waals surface area contributed by atoms with Gasteiger partial charge in [0.25, 0.3) is 10.0 Å². The van der Waals surface area contributed by atoms with Crippen molar-refractivity contribution in [1.29, 1.82) is 0 Å². The summed E-state index contributed by atoms with van der Waals surface area (Å²) in [6, 6.07) is 9.20. The number of hydrogen-bond donors (Lipinski definition) is 2. The molecule has 2 N–H and O–H groups in total. The predicted molar refractivity (Wildman–Crippen MR) is 76.6 cm³/mol. The summed E-state index contributed by atoms with van der Waals surface area (Å²) < 4.78 is 43.4. The van der Waals surface area contributed by atoms with Crippen molar-refractivity contribution in [2.24, 2.45) is 0 Å². The Labute approximate surface area is 123 Å². The summed E-state index contributed by atoms with van der Waals surface area (Å²) in [6.07, 6.45) is 0. The van der Waals surface area contributed by atoms with Crippen LogP contribution in [0.15, 0.2) is 45.9 Å². The first-order chi connectivity index (χ1) is 9.92. The van der Waals surface area contributed by atoms with Gasteiger partial charge in [0.1, 0.15) is 11.6 Å². The molecule has 114 valence electrons. The maximum atomic E-state index is 12.9. The van der Waals surface area contributed by atoms with Gasteiger partial charge in [-0.25, -0.2) is 17.5 Å². The zero-order valence-electron chi connectivity index (χ0n) is 11.8. The predicted octanol–water partition coefficient (Wildman–Crippen LogP) is 2.18. The van der Waals surface area contributed by atoms with Crippen molar-refractivity contribution < 1.29 is 17.2 Å². The minimum Gasteiger partial charge on any atom is -0.447 e. The monoisotopic (exact) mass is 312 g/mol. The summed E-state index contributed by atoms with van der Waals surface area (Å²) in [5.41, 5.74) is 0.936. The molecular formula is C14H17FN2O3S. The number of benzene rings is 1. The zero-order valence-corrected chi connectivity index (χ0v) is 12.6. The van der Waals surface area contributed by atoms with Crippen LogP contribution < -0.4 is 10.0 Å². The van der Waals surface area contributed by atoms with Gasteiger partial charge in [0.2, 0.25) is 5.09 Å². The molecule has 0 spiro atoms. The van der Waals surface area contributed by atoms with E-state index in [0.29, 0.717) is 12.3 Å². The minimum atomic E-state index is -3.56. The minimum absolute atomic E-state index is 0.0138. The van der Waals surface area contributed by atoms with E-state index in [2.05, 4.69) is 10.0 Å². The molecule has 0 aliphatic carbocycles. The Bertz CT molecular complexity index is 695. The fraction of sp³-hybridized carbons (Fsp3) is 0.286. The van der Waals surface area contributed by atoms with Gasteiger partial charge in [-0.3, -0.25) is 0 Å². The molecule has 0 fully saturated rings. The van der Waals surface area contributed by atoms with Crippen LogP contribution in [0.1, 0.15) is 24.3 Å².